The summed E-state index contributed by atoms with van der Waals surface area (Å²) in [6.45, 7) is 0. The Bertz CT molecular complexity index is 839. The Kier molecular flexibility index (Phi) is 5.03. The lowest BCUT2D eigenvalue weighted by Crippen LogP contribution is -2.14. The van der Waals surface area contributed by atoms with Gasteiger partial charge >= 0.3 is 5.97 Å². The first-order valence-corrected chi connectivity index (χ1v) is 8.05. The van der Waals surface area contributed by atoms with Gasteiger partial charge in [-0.1, -0.05) is 53.3 Å². The molecule has 0 saturated carbocycles. The van der Waals surface area contributed by atoms with E-state index in [1.54, 1.807) is 42.5 Å². The predicted molar refractivity (Wildman–Crippen MR) is 93.8 cm³/mol. The number of thioether (sulfide) groups is 1. The van der Waals surface area contributed by atoms with E-state index in [-0.39, 0.29) is 11.5 Å². The largest absolute Gasteiger partial charge is 0.365 e. The molecule has 2 aromatic rings. The minimum atomic E-state index is -0.601. The molecular weight excluding hydrogens is 322 g/mol. The molecule has 118 valence electrons. The van der Waals surface area contributed by atoms with E-state index in [1.807, 2.05) is 30.3 Å². The van der Waals surface area contributed by atoms with Gasteiger partial charge in [-0.25, -0.2) is 4.79 Å². The van der Waals surface area contributed by atoms with Crippen molar-refractivity contribution >= 4 is 29.2 Å². The van der Waals surface area contributed by atoms with Crippen molar-refractivity contribution in [1.82, 2.24) is 0 Å². The average Bonchev–Trinajstić information content (AvgIpc) is 2.63. The lowest BCUT2D eigenvalue weighted by molar-refractivity contribution is -0.108. The quantitative estimate of drug-likeness (QED) is 0.481. The second-order valence-corrected chi connectivity index (χ2v) is 6.03. The summed E-state index contributed by atoms with van der Waals surface area (Å²) in [6, 6.07) is 18.3. The maximum atomic E-state index is 11.9. The standard InChI is InChI=1S/C19H13NO3S/c21-18-12-11-16(24-15-9-5-2-6-10-15)13-17(18)20-23-19(22)14-7-3-1-4-8-14/h1-13H. The topological polar surface area (TPSA) is 55.7 Å². The van der Waals surface area contributed by atoms with E-state index in [2.05, 4.69) is 5.16 Å². The third kappa shape index (κ3) is 4.08. The summed E-state index contributed by atoms with van der Waals surface area (Å²) in [5, 5.41) is 3.71. The van der Waals surface area contributed by atoms with E-state index in [4.69, 9.17) is 4.84 Å². The van der Waals surface area contributed by atoms with Crippen molar-refractivity contribution in [3.8, 4) is 0 Å². The molecule has 2 aromatic carbocycles. The highest BCUT2D eigenvalue weighted by molar-refractivity contribution is 8.03. The fourth-order valence-electron chi connectivity index (χ4n) is 1.97. The second-order valence-electron chi connectivity index (χ2n) is 4.88. The fourth-order valence-corrected chi connectivity index (χ4v) is 2.85. The van der Waals surface area contributed by atoms with Crippen LogP contribution in [0.1, 0.15) is 10.4 Å². The van der Waals surface area contributed by atoms with Gasteiger partial charge in [0.25, 0.3) is 0 Å². The summed E-state index contributed by atoms with van der Waals surface area (Å²) in [6.07, 6.45) is 4.75. The zero-order valence-electron chi connectivity index (χ0n) is 12.6. The first kappa shape index (κ1) is 16.0. The molecule has 0 radical (unpaired) electrons. The van der Waals surface area contributed by atoms with Crippen molar-refractivity contribution < 1.29 is 14.4 Å². The molecule has 5 heteroatoms. The van der Waals surface area contributed by atoms with Gasteiger partial charge in [0, 0.05) is 9.80 Å². The van der Waals surface area contributed by atoms with Gasteiger partial charge in [0.15, 0.2) is 5.71 Å². The Hall–Kier alpha value is -2.92. The molecule has 0 saturated heterocycles. The molecule has 0 bridgehead atoms. The zero-order valence-corrected chi connectivity index (χ0v) is 13.4. The normalized spacial score (nSPS) is 15.2. The van der Waals surface area contributed by atoms with Crippen LogP contribution in [0.3, 0.4) is 0 Å². The molecule has 4 nitrogen and oxygen atoms in total. The summed E-state index contributed by atoms with van der Waals surface area (Å²) in [5.74, 6) is -0.899. The minimum Gasteiger partial charge on any atom is -0.312 e. The number of hydrogen-bond acceptors (Lipinski definition) is 5. The Morgan fingerprint density at radius 3 is 2.29 bits per heavy atom. The molecular formula is C19H13NO3S. The number of hydrogen-bond donors (Lipinski definition) is 0. The van der Waals surface area contributed by atoms with E-state index in [1.165, 1.54) is 17.8 Å². The van der Waals surface area contributed by atoms with Crippen LogP contribution in [0.2, 0.25) is 0 Å². The number of allylic oxidation sites excluding steroid dienone is 3. The number of rotatable bonds is 4. The van der Waals surface area contributed by atoms with Crippen LogP contribution in [0.4, 0.5) is 0 Å². The third-order valence-corrected chi connectivity index (χ3v) is 4.14. The van der Waals surface area contributed by atoms with Crippen LogP contribution >= 0.6 is 11.8 Å². The number of carbonyl (C=O) groups excluding carboxylic acids is 2. The Labute approximate surface area is 143 Å². The Balaban J connectivity index is 1.73. The highest BCUT2D eigenvalue weighted by Gasteiger charge is 2.15. The van der Waals surface area contributed by atoms with Crippen molar-refractivity contribution in [3.63, 3.8) is 0 Å². The summed E-state index contributed by atoms with van der Waals surface area (Å²) >= 11 is 1.50. The van der Waals surface area contributed by atoms with E-state index in [0.717, 1.165) is 9.80 Å². The van der Waals surface area contributed by atoms with E-state index in [0.29, 0.717) is 5.56 Å². The van der Waals surface area contributed by atoms with Crippen LogP contribution in [0.5, 0.6) is 0 Å². The van der Waals surface area contributed by atoms with E-state index >= 15 is 0 Å². The van der Waals surface area contributed by atoms with Gasteiger partial charge < -0.3 is 4.84 Å². The number of ketones is 1. The first-order valence-electron chi connectivity index (χ1n) is 7.24. The molecule has 0 amide bonds. The maximum absolute atomic E-state index is 11.9. The molecule has 0 unspecified atom stereocenters. The van der Waals surface area contributed by atoms with E-state index in [9.17, 15) is 9.59 Å². The summed E-state index contributed by atoms with van der Waals surface area (Å²) in [7, 11) is 0. The van der Waals surface area contributed by atoms with Crippen molar-refractivity contribution in [2.75, 3.05) is 0 Å². The van der Waals surface area contributed by atoms with Gasteiger partial charge in [-0.05, 0) is 42.5 Å². The predicted octanol–water partition coefficient (Wildman–Crippen LogP) is 4.01. The van der Waals surface area contributed by atoms with Crippen molar-refractivity contribution in [1.29, 1.82) is 0 Å². The summed E-state index contributed by atoms with van der Waals surface area (Å²) in [4.78, 5) is 30.5. The van der Waals surface area contributed by atoms with Crippen LogP contribution in [-0.4, -0.2) is 17.5 Å². The average molecular weight is 335 g/mol. The zero-order chi connectivity index (χ0) is 16.8. The van der Waals surface area contributed by atoms with Crippen LogP contribution in [0.15, 0.2) is 93.8 Å². The molecule has 24 heavy (non-hydrogen) atoms. The summed E-state index contributed by atoms with van der Waals surface area (Å²) in [5.41, 5.74) is 0.476. The Morgan fingerprint density at radius 1 is 0.917 bits per heavy atom. The number of carbonyl (C=O) groups is 2. The second kappa shape index (κ2) is 7.57. The number of benzene rings is 2. The molecule has 3 rings (SSSR count). The van der Waals surface area contributed by atoms with Crippen LogP contribution in [0.25, 0.3) is 0 Å². The molecule has 0 atom stereocenters. The highest BCUT2D eigenvalue weighted by Crippen LogP contribution is 2.28. The van der Waals surface area contributed by atoms with E-state index < -0.39 is 5.97 Å². The van der Waals surface area contributed by atoms with Gasteiger partial charge in [-0.3, -0.25) is 4.79 Å². The molecule has 0 spiro atoms. The molecule has 0 aliphatic heterocycles. The molecule has 1 aliphatic carbocycles. The monoisotopic (exact) mass is 335 g/mol. The molecule has 1 aliphatic rings. The first-order chi connectivity index (χ1) is 11.7. The number of nitrogens with zero attached hydrogens (tertiary/aromatic N) is 1. The van der Waals surface area contributed by atoms with Crippen LogP contribution in [-0.2, 0) is 9.63 Å². The Morgan fingerprint density at radius 2 is 1.58 bits per heavy atom. The fraction of sp³-hybridized carbons (Fsp3) is 0. The van der Waals surface area contributed by atoms with Gasteiger partial charge in [0.05, 0.1) is 5.56 Å². The number of oxime groups is 1. The molecule has 0 N–H and O–H groups in total. The minimum absolute atomic E-state index is 0.0974. The molecule has 0 aromatic heterocycles. The lowest BCUT2D eigenvalue weighted by Gasteiger charge is -2.07. The van der Waals surface area contributed by atoms with Crippen LogP contribution in [0, 0.1) is 0 Å². The lowest BCUT2D eigenvalue weighted by atomic mass is 10.1. The summed E-state index contributed by atoms with van der Waals surface area (Å²) < 4.78 is 0. The van der Waals surface area contributed by atoms with Gasteiger partial charge in [0.1, 0.15) is 0 Å². The van der Waals surface area contributed by atoms with Gasteiger partial charge in [-0.2, -0.15) is 0 Å². The molecule has 0 fully saturated rings. The van der Waals surface area contributed by atoms with Crippen molar-refractivity contribution in [2.24, 2.45) is 5.16 Å². The van der Waals surface area contributed by atoms with Crippen molar-refractivity contribution in [3.05, 3.63) is 89.4 Å². The molecule has 0 heterocycles. The smallest absolute Gasteiger partial charge is 0.312 e. The van der Waals surface area contributed by atoms with Gasteiger partial charge in [-0.15, -0.1) is 0 Å². The highest BCUT2D eigenvalue weighted by atomic mass is 32.2. The van der Waals surface area contributed by atoms with Crippen molar-refractivity contribution in [2.45, 2.75) is 4.90 Å². The third-order valence-electron chi connectivity index (χ3n) is 3.15. The SMILES string of the molecule is O=C1C=CC(Sc2ccccc2)=CC1=NOC(=O)c1ccccc1. The van der Waals surface area contributed by atoms with Gasteiger partial charge in [0.2, 0.25) is 5.78 Å². The van der Waals surface area contributed by atoms with Crippen LogP contribution < -0.4 is 0 Å². The maximum Gasteiger partial charge on any atom is 0.365 e.